The molecule has 1 amide bonds. The number of likely N-dealkylation sites (tertiary alicyclic amines) is 1. The number of hydrogen-bond acceptors (Lipinski definition) is 3. The van der Waals surface area contributed by atoms with Gasteiger partial charge in [0.15, 0.2) is 0 Å². The molecular weight excluding hydrogens is 314 g/mol. The lowest BCUT2D eigenvalue weighted by Crippen LogP contribution is -2.45. The minimum Gasteiger partial charge on any atom is -0.342 e. The first-order chi connectivity index (χ1) is 12.2. The van der Waals surface area contributed by atoms with Crippen LogP contribution in [0.15, 0.2) is 35.4 Å². The van der Waals surface area contributed by atoms with Crippen molar-refractivity contribution in [3.63, 3.8) is 0 Å². The van der Waals surface area contributed by atoms with Crippen LogP contribution in [0.2, 0.25) is 0 Å². The van der Waals surface area contributed by atoms with Gasteiger partial charge in [0.1, 0.15) is 0 Å². The number of para-hydroxylation sites is 1. The van der Waals surface area contributed by atoms with Gasteiger partial charge in [-0.25, -0.2) is 4.98 Å². The van der Waals surface area contributed by atoms with Gasteiger partial charge < -0.3 is 4.90 Å². The number of piperidine rings is 1. The predicted molar refractivity (Wildman–Crippen MR) is 97.3 cm³/mol. The highest BCUT2D eigenvalue weighted by Gasteiger charge is 2.32. The van der Waals surface area contributed by atoms with E-state index in [2.05, 4.69) is 4.98 Å². The SMILES string of the molecule is O=C(CCn1cnc2ccccc2c1=O)N1CC[C@@H]2CCCC[C@H]2C1. The number of benzene rings is 1. The molecule has 1 aliphatic carbocycles. The summed E-state index contributed by atoms with van der Waals surface area (Å²) in [6.45, 7) is 2.19. The Kier molecular flexibility index (Phi) is 4.55. The quantitative estimate of drug-likeness (QED) is 0.864. The van der Waals surface area contributed by atoms with Crippen molar-refractivity contribution in [1.82, 2.24) is 14.5 Å². The van der Waals surface area contributed by atoms with Crippen molar-refractivity contribution in [2.24, 2.45) is 11.8 Å². The minimum absolute atomic E-state index is 0.0654. The molecule has 132 valence electrons. The zero-order valence-corrected chi connectivity index (χ0v) is 14.6. The van der Waals surface area contributed by atoms with Crippen molar-refractivity contribution in [2.45, 2.75) is 45.1 Å². The van der Waals surface area contributed by atoms with Crippen LogP contribution in [0.25, 0.3) is 10.9 Å². The highest BCUT2D eigenvalue weighted by Crippen LogP contribution is 2.36. The van der Waals surface area contributed by atoms with Gasteiger partial charge in [-0.1, -0.05) is 31.4 Å². The third kappa shape index (κ3) is 3.32. The lowest BCUT2D eigenvalue weighted by Gasteiger charge is -2.41. The number of carbonyl (C=O) groups is 1. The van der Waals surface area contributed by atoms with Gasteiger partial charge in [0.2, 0.25) is 5.91 Å². The van der Waals surface area contributed by atoms with Crippen molar-refractivity contribution in [3.8, 4) is 0 Å². The molecule has 25 heavy (non-hydrogen) atoms. The van der Waals surface area contributed by atoms with Crippen LogP contribution in [0, 0.1) is 11.8 Å². The van der Waals surface area contributed by atoms with E-state index in [1.807, 2.05) is 23.1 Å². The number of aromatic nitrogens is 2. The average molecular weight is 339 g/mol. The van der Waals surface area contributed by atoms with Gasteiger partial charge in [0.25, 0.3) is 5.56 Å². The smallest absolute Gasteiger partial charge is 0.261 e. The molecule has 2 fully saturated rings. The number of hydrogen-bond donors (Lipinski definition) is 0. The molecule has 1 saturated heterocycles. The summed E-state index contributed by atoms with van der Waals surface area (Å²) in [6, 6.07) is 7.34. The van der Waals surface area contributed by atoms with Crippen LogP contribution in [-0.2, 0) is 11.3 Å². The van der Waals surface area contributed by atoms with E-state index in [0.29, 0.717) is 29.8 Å². The van der Waals surface area contributed by atoms with E-state index in [4.69, 9.17) is 0 Å². The van der Waals surface area contributed by atoms with E-state index in [1.54, 1.807) is 17.0 Å². The van der Waals surface area contributed by atoms with Gasteiger partial charge in [-0.15, -0.1) is 0 Å². The third-order valence-electron chi connectivity index (χ3n) is 5.94. The van der Waals surface area contributed by atoms with E-state index in [-0.39, 0.29) is 11.5 Å². The molecule has 1 aromatic carbocycles. The van der Waals surface area contributed by atoms with Crippen molar-refractivity contribution in [2.75, 3.05) is 13.1 Å². The van der Waals surface area contributed by atoms with E-state index in [1.165, 1.54) is 25.7 Å². The van der Waals surface area contributed by atoms with Crippen molar-refractivity contribution >= 4 is 16.8 Å². The van der Waals surface area contributed by atoms with E-state index < -0.39 is 0 Å². The standard InChI is InChI=1S/C20H25N3O2/c24-19(22-11-9-15-5-1-2-6-16(15)13-22)10-12-23-14-21-18-8-4-3-7-17(18)20(23)25/h3-4,7-8,14-16H,1-2,5-6,9-13H2/t15-,16-/m0/s1. The summed E-state index contributed by atoms with van der Waals surface area (Å²) in [5.41, 5.74) is 0.638. The Labute approximate surface area is 147 Å². The second-order valence-corrected chi connectivity index (χ2v) is 7.44. The van der Waals surface area contributed by atoms with Crippen LogP contribution in [0.3, 0.4) is 0 Å². The molecular formula is C20H25N3O2. The molecule has 0 bridgehead atoms. The van der Waals surface area contributed by atoms with Crippen LogP contribution < -0.4 is 5.56 Å². The Morgan fingerprint density at radius 1 is 1.12 bits per heavy atom. The highest BCUT2D eigenvalue weighted by molar-refractivity contribution is 5.77. The van der Waals surface area contributed by atoms with Gasteiger partial charge in [0.05, 0.1) is 17.2 Å². The van der Waals surface area contributed by atoms with Gasteiger partial charge in [0, 0.05) is 26.1 Å². The Morgan fingerprint density at radius 3 is 2.80 bits per heavy atom. The summed E-state index contributed by atoms with van der Waals surface area (Å²) in [7, 11) is 0. The summed E-state index contributed by atoms with van der Waals surface area (Å²) >= 11 is 0. The molecule has 2 heterocycles. The van der Waals surface area contributed by atoms with Gasteiger partial charge in [-0.05, 0) is 36.8 Å². The summed E-state index contributed by atoms with van der Waals surface area (Å²) in [6.07, 6.45) is 8.35. The molecule has 2 atom stereocenters. The molecule has 0 N–H and O–H groups in total. The summed E-state index contributed by atoms with van der Waals surface area (Å²) in [5, 5.41) is 0.612. The second kappa shape index (κ2) is 6.98. The molecule has 1 aromatic heterocycles. The fraction of sp³-hybridized carbons (Fsp3) is 0.550. The van der Waals surface area contributed by atoms with Gasteiger partial charge in [-0.3, -0.25) is 14.2 Å². The molecule has 0 spiro atoms. The molecule has 0 unspecified atom stereocenters. The van der Waals surface area contributed by atoms with Crippen molar-refractivity contribution in [3.05, 3.63) is 40.9 Å². The molecule has 5 nitrogen and oxygen atoms in total. The van der Waals surface area contributed by atoms with Gasteiger partial charge in [-0.2, -0.15) is 0 Å². The summed E-state index contributed by atoms with van der Waals surface area (Å²) in [4.78, 5) is 31.5. The maximum atomic E-state index is 12.6. The fourth-order valence-corrected chi connectivity index (χ4v) is 4.47. The Balaban J connectivity index is 1.40. The monoisotopic (exact) mass is 339 g/mol. The van der Waals surface area contributed by atoms with E-state index in [9.17, 15) is 9.59 Å². The van der Waals surface area contributed by atoms with Crippen LogP contribution in [0.5, 0.6) is 0 Å². The molecule has 1 saturated carbocycles. The Hall–Kier alpha value is -2.17. The lowest BCUT2D eigenvalue weighted by atomic mass is 9.75. The number of carbonyl (C=O) groups excluding carboxylic acids is 1. The third-order valence-corrected chi connectivity index (χ3v) is 5.94. The van der Waals surface area contributed by atoms with Crippen LogP contribution in [0.1, 0.15) is 38.5 Å². The lowest BCUT2D eigenvalue weighted by molar-refractivity contribution is -0.134. The average Bonchev–Trinajstić information content (AvgIpc) is 2.67. The summed E-state index contributed by atoms with van der Waals surface area (Å²) < 4.78 is 1.56. The maximum Gasteiger partial charge on any atom is 0.261 e. The molecule has 1 aliphatic heterocycles. The van der Waals surface area contributed by atoms with E-state index >= 15 is 0 Å². The zero-order valence-electron chi connectivity index (χ0n) is 14.6. The van der Waals surface area contributed by atoms with Gasteiger partial charge >= 0.3 is 0 Å². The van der Waals surface area contributed by atoms with Crippen LogP contribution in [0.4, 0.5) is 0 Å². The molecule has 5 heteroatoms. The largest absolute Gasteiger partial charge is 0.342 e. The second-order valence-electron chi connectivity index (χ2n) is 7.44. The maximum absolute atomic E-state index is 12.6. The first-order valence-corrected chi connectivity index (χ1v) is 9.44. The van der Waals surface area contributed by atoms with Crippen molar-refractivity contribution in [1.29, 1.82) is 0 Å². The number of amides is 1. The summed E-state index contributed by atoms with van der Waals surface area (Å²) in [5.74, 6) is 1.69. The molecule has 4 rings (SSSR count). The highest BCUT2D eigenvalue weighted by atomic mass is 16.2. The Morgan fingerprint density at radius 2 is 1.92 bits per heavy atom. The first-order valence-electron chi connectivity index (χ1n) is 9.44. The predicted octanol–water partition coefficient (Wildman–Crippen LogP) is 2.83. The zero-order chi connectivity index (χ0) is 17.2. The van der Waals surface area contributed by atoms with Crippen LogP contribution in [-0.4, -0.2) is 33.4 Å². The van der Waals surface area contributed by atoms with Crippen molar-refractivity contribution < 1.29 is 4.79 Å². The molecule has 2 aromatic rings. The Bertz CT molecular complexity index is 829. The number of rotatable bonds is 3. The number of fused-ring (bicyclic) bond motifs is 2. The number of aryl methyl sites for hydroxylation is 1. The molecule has 2 aliphatic rings. The fourth-order valence-electron chi connectivity index (χ4n) is 4.47. The normalized spacial score (nSPS) is 23.4. The number of nitrogens with zero attached hydrogens (tertiary/aromatic N) is 3. The first kappa shape index (κ1) is 16.3. The molecule has 0 radical (unpaired) electrons. The minimum atomic E-state index is -0.0654. The van der Waals surface area contributed by atoms with Crippen LogP contribution >= 0.6 is 0 Å². The van der Waals surface area contributed by atoms with E-state index in [0.717, 1.165) is 25.4 Å². The topological polar surface area (TPSA) is 55.2 Å².